The highest BCUT2D eigenvalue weighted by Crippen LogP contribution is 2.37. The monoisotopic (exact) mass is 453 g/mol. The number of hydrogen-bond donors (Lipinski definition) is 0. The molecule has 166 valence electrons. The predicted octanol–water partition coefficient (Wildman–Crippen LogP) is 2.66. The fourth-order valence-corrected chi connectivity index (χ4v) is 6.72. The molecular weight excluding hydrogens is 422 g/mol. The molecule has 0 aromatic heterocycles. The van der Waals surface area contributed by atoms with E-state index in [1.807, 2.05) is 4.90 Å². The summed E-state index contributed by atoms with van der Waals surface area (Å²) in [5.41, 5.74) is 0.510. The molecule has 0 saturated carbocycles. The summed E-state index contributed by atoms with van der Waals surface area (Å²) in [6, 6.07) is 4.87. The number of fused-ring (bicyclic) bond motifs is 1. The summed E-state index contributed by atoms with van der Waals surface area (Å²) in [5.74, 6) is 0.856. The highest BCUT2D eigenvalue weighted by Gasteiger charge is 2.32. The maximum Gasteiger partial charge on any atom is 0.243 e. The van der Waals surface area contributed by atoms with Gasteiger partial charge < -0.3 is 9.80 Å². The van der Waals surface area contributed by atoms with Gasteiger partial charge in [0, 0.05) is 31.1 Å². The molecule has 0 bridgehead atoms. The van der Waals surface area contributed by atoms with Gasteiger partial charge in [-0.3, -0.25) is 9.59 Å². The summed E-state index contributed by atoms with van der Waals surface area (Å²) in [4.78, 5) is 29.9. The molecule has 0 aliphatic carbocycles. The molecule has 7 nitrogen and oxygen atoms in total. The third-order valence-corrected chi connectivity index (χ3v) is 8.82. The first-order chi connectivity index (χ1) is 14.2. The SMILES string of the molecule is CCN(CC)S(=O)(=O)c1ccc2c(c1)N(CC(=O)N1CC(C)CC(C)C1)C(=O)CS2. The van der Waals surface area contributed by atoms with E-state index in [2.05, 4.69) is 13.8 Å². The molecule has 0 N–H and O–H groups in total. The van der Waals surface area contributed by atoms with Crippen molar-refractivity contribution in [2.24, 2.45) is 11.8 Å². The van der Waals surface area contributed by atoms with Gasteiger partial charge in [0.2, 0.25) is 21.8 Å². The number of rotatable bonds is 6. The van der Waals surface area contributed by atoms with Crippen LogP contribution in [0.15, 0.2) is 28.0 Å². The van der Waals surface area contributed by atoms with Crippen molar-refractivity contribution < 1.29 is 18.0 Å². The van der Waals surface area contributed by atoms with Crippen LogP contribution in [0.3, 0.4) is 0 Å². The topological polar surface area (TPSA) is 78.0 Å². The van der Waals surface area contributed by atoms with Gasteiger partial charge in [-0.2, -0.15) is 4.31 Å². The molecule has 0 spiro atoms. The zero-order valence-corrected chi connectivity index (χ0v) is 19.8. The van der Waals surface area contributed by atoms with Gasteiger partial charge in [0.15, 0.2) is 0 Å². The van der Waals surface area contributed by atoms with Crippen LogP contribution in [0.2, 0.25) is 0 Å². The van der Waals surface area contributed by atoms with E-state index in [1.54, 1.807) is 32.0 Å². The molecule has 1 aromatic rings. The second kappa shape index (κ2) is 9.28. The number of amides is 2. The fraction of sp³-hybridized carbons (Fsp3) is 0.619. The molecule has 3 rings (SSSR count). The van der Waals surface area contributed by atoms with Crippen molar-refractivity contribution in [1.29, 1.82) is 0 Å². The van der Waals surface area contributed by atoms with Crippen LogP contribution in [0.25, 0.3) is 0 Å². The molecule has 30 heavy (non-hydrogen) atoms. The van der Waals surface area contributed by atoms with E-state index in [0.717, 1.165) is 11.3 Å². The first-order valence-corrected chi connectivity index (χ1v) is 12.9. The first-order valence-electron chi connectivity index (χ1n) is 10.5. The lowest BCUT2D eigenvalue weighted by atomic mass is 9.92. The summed E-state index contributed by atoms with van der Waals surface area (Å²) in [6.45, 7) is 9.95. The second-order valence-corrected chi connectivity index (χ2v) is 11.2. The number of thioether (sulfide) groups is 1. The number of hydrogen-bond acceptors (Lipinski definition) is 5. The Labute approximate surface area is 183 Å². The molecule has 1 aromatic carbocycles. The summed E-state index contributed by atoms with van der Waals surface area (Å²) in [5, 5.41) is 0. The molecule has 1 fully saturated rings. The van der Waals surface area contributed by atoms with E-state index in [-0.39, 0.29) is 29.0 Å². The van der Waals surface area contributed by atoms with Gasteiger partial charge in [0.05, 0.1) is 16.3 Å². The average molecular weight is 454 g/mol. The molecule has 2 unspecified atom stereocenters. The number of likely N-dealkylation sites (tertiary alicyclic amines) is 1. The number of carbonyl (C=O) groups excluding carboxylic acids is 2. The van der Waals surface area contributed by atoms with E-state index in [0.29, 0.717) is 43.7 Å². The average Bonchev–Trinajstić information content (AvgIpc) is 2.69. The van der Waals surface area contributed by atoms with Gasteiger partial charge in [-0.05, 0) is 36.5 Å². The van der Waals surface area contributed by atoms with Crippen LogP contribution in [0.4, 0.5) is 5.69 Å². The fourth-order valence-electron chi connectivity index (χ4n) is 4.33. The zero-order valence-electron chi connectivity index (χ0n) is 18.1. The molecule has 2 aliphatic rings. The summed E-state index contributed by atoms with van der Waals surface area (Å²) < 4.78 is 27.3. The van der Waals surface area contributed by atoms with Gasteiger partial charge >= 0.3 is 0 Å². The van der Waals surface area contributed by atoms with Crippen molar-refractivity contribution >= 4 is 39.3 Å². The molecule has 2 amide bonds. The van der Waals surface area contributed by atoms with Crippen molar-refractivity contribution in [3.8, 4) is 0 Å². The highest BCUT2D eigenvalue weighted by molar-refractivity contribution is 8.00. The number of benzene rings is 1. The van der Waals surface area contributed by atoms with E-state index < -0.39 is 10.0 Å². The van der Waals surface area contributed by atoms with Gasteiger partial charge in [0.1, 0.15) is 6.54 Å². The lowest BCUT2D eigenvalue weighted by Crippen LogP contribution is -2.49. The van der Waals surface area contributed by atoms with Gasteiger partial charge in [-0.1, -0.05) is 27.7 Å². The number of sulfonamides is 1. The van der Waals surface area contributed by atoms with Crippen LogP contribution < -0.4 is 4.90 Å². The van der Waals surface area contributed by atoms with E-state index in [4.69, 9.17) is 0 Å². The van der Waals surface area contributed by atoms with Crippen molar-refractivity contribution in [1.82, 2.24) is 9.21 Å². The maximum absolute atomic E-state index is 13.0. The molecule has 2 atom stereocenters. The van der Waals surface area contributed by atoms with E-state index in [9.17, 15) is 18.0 Å². The second-order valence-electron chi connectivity index (χ2n) is 8.23. The van der Waals surface area contributed by atoms with Gasteiger partial charge in [-0.25, -0.2) is 8.42 Å². The minimum Gasteiger partial charge on any atom is -0.341 e. The Bertz CT molecular complexity index is 905. The zero-order chi connectivity index (χ0) is 22.1. The predicted molar refractivity (Wildman–Crippen MR) is 119 cm³/mol. The number of piperidine rings is 1. The lowest BCUT2D eigenvalue weighted by Gasteiger charge is -2.37. The van der Waals surface area contributed by atoms with Crippen molar-refractivity contribution in [2.45, 2.75) is 43.9 Å². The van der Waals surface area contributed by atoms with Crippen LogP contribution in [0.1, 0.15) is 34.1 Å². The quantitative estimate of drug-likeness (QED) is 0.662. The Morgan fingerprint density at radius 2 is 1.80 bits per heavy atom. The van der Waals surface area contributed by atoms with Crippen LogP contribution in [-0.2, 0) is 19.6 Å². The lowest BCUT2D eigenvalue weighted by molar-refractivity contribution is -0.133. The minimum atomic E-state index is -3.65. The summed E-state index contributed by atoms with van der Waals surface area (Å²) >= 11 is 1.38. The summed E-state index contributed by atoms with van der Waals surface area (Å²) in [6.07, 6.45) is 1.10. The van der Waals surface area contributed by atoms with Crippen LogP contribution >= 0.6 is 11.8 Å². The Morgan fingerprint density at radius 1 is 1.17 bits per heavy atom. The third kappa shape index (κ3) is 4.68. The standard InChI is InChI=1S/C21H31N3O4S2/c1-5-23(6-2)30(27,28)17-7-8-19-18(10-17)24(21(26)14-29-19)13-20(25)22-11-15(3)9-16(4)12-22/h7-8,10,15-16H,5-6,9,11-14H2,1-4H3. The van der Waals surface area contributed by atoms with Crippen LogP contribution in [-0.4, -0.2) is 67.9 Å². The third-order valence-electron chi connectivity index (χ3n) is 5.73. The Hall–Kier alpha value is -1.58. The van der Waals surface area contributed by atoms with Gasteiger partial charge in [-0.15, -0.1) is 11.8 Å². The smallest absolute Gasteiger partial charge is 0.243 e. The Kier molecular flexibility index (Phi) is 7.14. The Balaban J connectivity index is 1.89. The molecule has 2 aliphatic heterocycles. The molecule has 1 saturated heterocycles. The maximum atomic E-state index is 13.0. The Morgan fingerprint density at radius 3 is 2.40 bits per heavy atom. The largest absolute Gasteiger partial charge is 0.341 e. The highest BCUT2D eigenvalue weighted by atomic mass is 32.2. The van der Waals surface area contributed by atoms with Crippen LogP contribution in [0.5, 0.6) is 0 Å². The molecule has 2 heterocycles. The summed E-state index contributed by atoms with van der Waals surface area (Å²) in [7, 11) is -3.65. The van der Waals surface area contributed by atoms with Gasteiger partial charge in [0.25, 0.3) is 0 Å². The minimum absolute atomic E-state index is 0.0550. The molecule has 9 heteroatoms. The van der Waals surface area contributed by atoms with Crippen molar-refractivity contribution in [2.75, 3.05) is 43.4 Å². The van der Waals surface area contributed by atoms with E-state index >= 15 is 0 Å². The normalized spacial score (nSPS) is 22.4. The molecular formula is C21H31N3O4S2. The van der Waals surface area contributed by atoms with Crippen molar-refractivity contribution in [3.63, 3.8) is 0 Å². The number of anilines is 1. The van der Waals surface area contributed by atoms with E-state index in [1.165, 1.54) is 21.0 Å². The number of nitrogens with zero attached hydrogens (tertiary/aromatic N) is 3. The number of carbonyl (C=O) groups is 2. The van der Waals surface area contributed by atoms with Crippen LogP contribution in [0, 0.1) is 11.8 Å². The first kappa shape index (κ1) is 23.1. The van der Waals surface area contributed by atoms with Crippen molar-refractivity contribution in [3.05, 3.63) is 18.2 Å². The molecule has 0 radical (unpaired) electrons.